The normalized spacial score (nSPS) is 21.7. The third-order valence-corrected chi connectivity index (χ3v) is 3.17. The van der Waals surface area contributed by atoms with Gasteiger partial charge in [-0.05, 0) is 32.8 Å². The molecule has 1 unspecified atom stereocenters. The summed E-state index contributed by atoms with van der Waals surface area (Å²) in [5, 5.41) is 3.56. The first-order valence-electron chi connectivity index (χ1n) is 6.63. The summed E-state index contributed by atoms with van der Waals surface area (Å²) < 4.78 is 11.3. The Hall–Kier alpha value is -0.900. The summed E-state index contributed by atoms with van der Waals surface area (Å²) in [6.07, 6.45) is 1.03. The van der Waals surface area contributed by atoms with E-state index in [9.17, 15) is 0 Å². The second kappa shape index (κ2) is 5.83. The summed E-state index contributed by atoms with van der Waals surface area (Å²) in [6, 6.07) is 11.2. The molecule has 3 heteroatoms. The zero-order chi connectivity index (χ0) is 13.0. The van der Waals surface area contributed by atoms with Crippen LogP contribution in [-0.2, 0) is 15.9 Å². The molecule has 0 saturated carbocycles. The van der Waals surface area contributed by atoms with Crippen molar-refractivity contribution in [3.8, 4) is 0 Å². The highest BCUT2D eigenvalue weighted by molar-refractivity contribution is 5.15. The lowest BCUT2D eigenvalue weighted by Crippen LogP contribution is -2.51. The molecule has 0 amide bonds. The lowest BCUT2D eigenvalue weighted by atomic mass is 10.1. The second-order valence-corrected chi connectivity index (χ2v) is 5.48. The van der Waals surface area contributed by atoms with E-state index >= 15 is 0 Å². The van der Waals surface area contributed by atoms with Crippen LogP contribution >= 0.6 is 0 Å². The van der Waals surface area contributed by atoms with Crippen molar-refractivity contribution in [2.75, 3.05) is 13.2 Å². The van der Waals surface area contributed by atoms with E-state index in [1.165, 1.54) is 5.56 Å². The first-order chi connectivity index (χ1) is 8.55. The maximum absolute atomic E-state index is 5.64. The Balaban J connectivity index is 1.77. The molecule has 1 heterocycles. The van der Waals surface area contributed by atoms with E-state index in [-0.39, 0.29) is 6.04 Å². The van der Waals surface area contributed by atoms with Crippen molar-refractivity contribution in [2.24, 2.45) is 0 Å². The van der Waals surface area contributed by atoms with Crippen molar-refractivity contribution in [1.29, 1.82) is 0 Å². The molecule has 1 aromatic rings. The molecule has 3 nitrogen and oxygen atoms in total. The van der Waals surface area contributed by atoms with Crippen molar-refractivity contribution < 1.29 is 9.47 Å². The molecule has 1 aromatic carbocycles. The van der Waals surface area contributed by atoms with Gasteiger partial charge >= 0.3 is 0 Å². The molecule has 0 aliphatic carbocycles. The highest BCUT2D eigenvalue weighted by Crippen LogP contribution is 2.17. The molecule has 0 aromatic heterocycles. The van der Waals surface area contributed by atoms with E-state index in [1.807, 2.05) is 19.9 Å². The number of rotatable bonds is 4. The van der Waals surface area contributed by atoms with Gasteiger partial charge in [0.15, 0.2) is 5.79 Å². The maximum Gasteiger partial charge on any atom is 0.162 e. The Bertz CT molecular complexity index is 354. The van der Waals surface area contributed by atoms with Crippen LogP contribution in [0.3, 0.4) is 0 Å². The molecule has 1 N–H and O–H groups in total. The topological polar surface area (TPSA) is 30.5 Å². The van der Waals surface area contributed by atoms with Crippen LogP contribution in [0.15, 0.2) is 30.3 Å². The highest BCUT2D eigenvalue weighted by atomic mass is 16.7. The monoisotopic (exact) mass is 249 g/mol. The third kappa shape index (κ3) is 4.09. The van der Waals surface area contributed by atoms with Crippen LogP contribution in [0.25, 0.3) is 0 Å². The second-order valence-electron chi connectivity index (χ2n) is 5.48. The molecular formula is C15H23NO2. The van der Waals surface area contributed by atoms with E-state index in [0.717, 1.165) is 6.42 Å². The Morgan fingerprint density at radius 3 is 2.44 bits per heavy atom. The molecule has 0 spiro atoms. The number of benzene rings is 1. The summed E-state index contributed by atoms with van der Waals surface area (Å²) in [7, 11) is 0. The van der Waals surface area contributed by atoms with Crippen LogP contribution < -0.4 is 5.32 Å². The molecule has 1 fully saturated rings. The van der Waals surface area contributed by atoms with E-state index in [2.05, 4.69) is 36.5 Å². The number of nitrogens with one attached hydrogen (secondary N) is 1. The average Bonchev–Trinajstić information content (AvgIpc) is 2.33. The van der Waals surface area contributed by atoms with E-state index < -0.39 is 5.79 Å². The van der Waals surface area contributed by atoms with Crippen LogP contribution in [0.1, 0.15) is 26.3 Å². The third-order valence-electron chi connectivity index (χ3n) is 3.17. The predicted octanol–water partition coefficient (Wildman–Crippen LogP) is 2.36. The van der Waals surface area contributed by atoms with Crippen molar-refractivity contribution in [2.45, 2.75) is 45.1 Å². The average molecular weight is 249 g/mol. The Morgan fingerprint density at radius 1 is 1.22 bits per heavy atom. The van der Waals surface area contributed by atoms with Crippen LogP contribution in [0, 0.1) is 0 Å². The van der Waals surface area contributed by atoms with Crippen LogP contribution in [0.5, 0.6) is 0 Å². The van der Waals surface area contributed by atoms with Gasteiger partial charge in [0.2, 0.25) is 0 Å². The summed E-state index contributed by atoms with van der Waals surface area (Å²) in [5.41, 5.74) is 1.36. The minimum absolute atomic E-state index is 0.289. The fourth-order valence-corrected chi connectivity index (χ4v) is 2.22. The summed E-state index contributed by atoms with van der Waals surface area (Å²) in [4.78, 5) is 0. The largest absolute Gasteiger partial charge is 0.349 e. The SMILES string of the molecule is CC(Cc1ccccc1)NC1COC(C)(C)OC1. The zero-order valence-electron chi connectivity index (χ0n) is 11.5. The molecule has 0 radical (unpaired) electrons. The molecular weight excluding hydrogens is 226 g/mol. The van der Waals surface area contributed by atoms with Crippen molar-refractivity contribution in [1.82, 2.24) is 5.32 Å². The van der Waals surface area contributed by atoms with Crippen molar-refractivity contribution >= 4 is 0 Å². The molecule has 1 aliphatic heterocycles. The Labute approximate surface area is 109 Å². The number of hydrogen-bond donors (Lipinski definition) is 1. The standard InChI is InChI=1S/C15H23NO2/c1-12(9-13-7-5-4-6-8-13)16-14-10-17-15(2,3)18-11-14/h4-8,12,14,16H,9-11H2,1-3H3. The van der Waals surface area contributed by atoms with Crippen LogP contribution in [-0.4, -0.2) is 31.1 Å². The minimum Gasteiger partial charge on any atom is -0.349 e. The lowest BCUT2D eigenvalue weighted by Gasteiger charge is -2.36. The summed E-state index contributed by atoms with van der Waals surface area (Å²) in [5.74, 6) is -0.430. The fourth-order valence-electron chi connectivity index (χ4n) is 2.22. The number of hydrogen-bond acceptors (Lipinski definition) is 3. The molecule has 1 atom stereocenters. The van der Waals surface area contributed by atoms with E-state index in [1.54, 1.807) is 0 Å². The van der Waals surface area contributed by atoms with E-state index in [0.29, 0.717) is 19.3 Å². The van der Waals surface area contributed by atoms with E-state index in [4.69, 9.17) is 9.47 Å². The van der Waals surface area contributed by atoms with Gasteiger partial charge < -0.3 is 14.8 Å². The van der Waals surface area contributed by atoms with Crippen molar-refractivity contribution in [3.05, 3.63) is 35.9 Å². The van der Waals surface area contributed by atoms with Gasteiger partial charge in [0.25, 0.3) is 0 Å². The molecule has 18 heavy (non-hydrogen) atoms. The van der Waals surface area contributed by atoms with Crippen LogP contribution in [0.4, 0.5) is 0 Å². The molecule has 100 valence electrons. The summed E-state index contributed by atoms with van der Waals surface area (Å²) in [6.45, 7) is 7.54. The predicted molar refractivity (Wildman–Crippen MR) is 72.5 cm³/mol. The molecule has 1 aliphatic rings. The van der Waals surface area contributed by atoms with Gasteiger partial charge in [-0.25, -0.2) is 0 Å². The zero-order valence-corrected chi connectivity index (χ0v) is 11.5. The molecule has 2 rings (SSSR count). The first kappa shape index (κ1) is 13.5. The van der Waals surface area contributed by atoms with Gasteiger partial charge in [-0.3, -0.25) is 0 Å². The Kier molecular flexibility index (Phi) is 4.38. The maximum atomic E-state index is 5.64. The highest BCUT2D eigenvalue weighted by Gasteiger charge is 2.28. The van der Waals surface area contributed by atoms with Gasteiger partial charge in [0.05, 0.1) is 19.3 Å². The Morgan fingerprint density at radius 2 is 1.83 bits per heavy atom. The summed E-state index contributed by atoms with van der Waals surface area (Å²) >= 11 is 0. The minimum atomic E-state index is -0.430. The van der Waals surface area contributed by atoms with Crippen LogP contribution in [0.2, 0.25) is 0 Å². The number of ether oxygens (including phenoxy) is 2. The van der Waals surface area contributed by atoms with Gasteiger partial charge in [0.1, 0.15) is 0 Å². The van der Waals surface area contributed by atoms with Gasteiger partial charge in [0, 0.05) is 6.04 Å². The van der Waals surface area contributed by atoms with Gasteiger partial charge in [-0.1, -0.05) is 30.3 Å². The lowest BCUT2D eigenvalue weighted by molar-refractivity contribution is -0.253. The van der Waals surface area contributed by atoms with Gasteiger partial charge in [-0.15, -0.1) is 0 Å². The smallest absolute Gasteiger partial charge is 0.162 e. The van der Waals surface area contributed by atoms with Gasteiger partial charge in [-0.2, -0.15) is 0 Å². The first-order valence-corrected chi connectivity index (χ1v) is 6.63. The molecule has 1 saturated heterocycles. The molecule has 0 bridgehead atoms. The van der Waals surface area contributed by atoms with Crippen molar-refractivity contribution in [3.63, 3.8) is 0 Å². The fraction of sp³-hybridized carbons (Fsp3) is 0.600. The quantitative estimate of drug-likeness (QED) is 0.888.